The van der Waals surface area contributed by atoms with Crippen molar-refractivity contribution in [1.82, 2.24) is 25.0 Å². The summed E-state index contributed by atoms with van der Waals surface area (Å²) in [5.74, 6) is 14.0. The van der Waals surface area contributed by atoms with E-state index in [1.165, 1.54) is 44.5 Å². The van der Waals surface area contributed by atoms with Crippen LogP contribution >= 0.6 is 0 Å². The Morgan fingerprint density at radius 1 is 0.500 bits per heavy atom. The molecule has 8 bridgehead atoms. The van der Waals surface area contributed by atoms with Crippen LogP contribution in [0.4, 0.5) is 0 Å². The molecule has 6 nitrogen and oxygen atoms in total. The minimum Gasteiger partial charge on any atom is -0.355 e. The van der Waals surface area contributed by atoms with Gasteiger partial charge in [-0.1, -0.05) is 103 Å². The molecule has 66 heavy (non-hydrogen) atoms. The Labute approximate surface area is 393 Å². The normalized spacial score (nSPS) is 15.4. The number of hydroxylamine groups is 2. The van der Waals surface area contributed by atoms with E-state index in [0.29, 0.717) is 0 Å². The van der Waals surface area contributed by atoms with E-state index in [0.717, 1.165) is 135 Å². The first-order chi connectivity index (χ1) is 31.7. The smallest absolute Gasteiger partial charge is 0.0850 e. The third kappa shape index (κ3) is 8.21. The fourth-order valence-corrected chi connectivity index (χ4v) is 10.7. The molecule has 0 unspecified atom stereocenters. The fourth-order valence-electron chi connectivity index (χ4n) is 10.7. The Morgan fingerprint density at radius 3 is 1.45 bits per heavy atom. The zero-order valence-corrected chi connectivity index (χ0v) is 41.3. The zero-order valence-electron chi connectivity index (χ0n) is 41.3. The van der Waals surface area contributed by atoms with Gasteiger partial charge in [0.2, 0.25) is 0 Å². The standard InChI is InChI=1S/C60H66N5O/c1-13-42-44(15-3)53-34-55-46(17-5)48(19-7)57(63-55)50(58-49(20-8)47(18-6)56(64-58)35-54-45(16-4)43(14-2)52(62-54)33-51(42)61-53)32-26-38-23-29-40(30-24-38)39-27-21-37(22-28-39)25-31-41-36-59(9,10)65(66)60(41,11)12/h21-24,27-30,33-36,61,63H,13-20H2,1-12H3. The number of fused-ring (bicyclic) bond motifs is 8. The molecule has 0 aliphatic carbocycles. The monoisotopic (exact) mass is 873 g/mol. The maximum Gasteiger partial charge on any atom is 0.0850 e. The van der Waals surface area contributed by atoms with Gasteiger partial charge in [-0.25, -0.2) is 9.97 Å². The summed E-state index contributed by atoms with van der Waals surface area (Å²) < 4.78 is 0. The zero-order chi connectivity index (χ0) is 47.1. The lowest BCUT2D eigenvalue weighted by atomic mass is 9.95. The molecule has 0 saturated heterocycles. The SMILES string of the molecule is CCC1=C(CC)c2cc3[nH]c(cc4[nH]c(c(C#Cc5ccc(-c6ccc(C#CC7=CC(C)(C)N([O])C7(C)C)cc6)cc5)c5nc(cc1n2)C(CC)=C5CC)c(CC)c4CC)c(CC)c3CC. The summed E-state index contributed by atoms with van der Waals surface area (Å²) in [6.07, 6.45) is 9.16. The topological polar surface area (TPSA) is 80.5 Å². The van der Waals surface area contributed by atoms with Gasteiger partial charge in [-0.3, -0.25) is 0 Å². The van der Waals surface area contributed by atoms with Crippen LogP contribution in [-0.2, 0) is 30.9 Å². The molecule has 2 aromatic carbocycles. The van der Waals surface area contributed by atoms with Crippen molar-refractivity contribution in [2.75, 3.05) is 0 Å². The van der Waals surface area contributed by atoms with Crippen molar-refractivity contribution in [2.45, 2.75) is 146 Å². The first-order valence-corrected chi connectivity index (χ1v) is 24.5. The largest absolute Gasteiger partial charge is 0.355 e. The molecule has 3 aliphatic heterocycles. The highest BCUT2D eigenvalue weighted by atomic mass is 16.5. The van der Waals surface area contributed by atoms with Crippen LogP contribution in [0.15, 0.2) is 78.4 Å². The second kappa shape index (κ2) is 18.6. The summed E-state index contributed by atoms with van der Waals surface area (Å²) in [4.78, 5) is 18.9. The van der Waals surface area contributed by atoms with Crippen molar-refractivity contribution in [3.05, 3.63) is 140 Å². The van der Waals surface area contributed by atoms with Crippen LogP contribution in [-0.4, -0.2) is 36.1 Å². The van der Waals surface area contributed by atoms with Crippen molar-refractivity contribution in [3.8, 4) is 34.8 Å². The van der Waals surface area contributed by atoms with Crippen LogP contribution in [0.25, 0.3) is 55.5 Å². The molecule has 3 aromatic heterocycles. The quantitative estimate of drug-likeness (QED) is 0.145. The van der Waals surface area contributed by atoms with Gasteiger partial charge in [0, 0.05) is 33.3 Å². The molecule has 2 N–H and O–H groups in total. The molecule has 337 valence electrons. The van der Waals surface area contributed by atoms with Gasteiger partial charge in [0.1, 0.15) is 0 Å². The number of hydrogen-bond acceptors (Lipinski definition) is 3. The molecular formula is C60H66N5O. The van der Waals surface area contributed by atoms with E-state index in [9.17, 15) is 5.21 Å². The van der Waals surface area contributed by atoms with Crippen LogP contribution in [0.5, 0.6) is 0 Å². The molecule has 6 heteroatoms. The number of H-pyrrole nitrogens is 2. The van der Waals surface area contributed by atoms with Crippen LogP contribution in [0.3, 0.4) is 0 Å². The Morgan fingerprint density at radius 2 is 0.955 bits per heavy atom. The van der Waals surface area contributed by atoms with E-state index in [1.54, 1.807) is 0 Å². The van der Waals surface area contributed by atoms with Crippen molar-refractivity contribution >= 4 is 44.4 Å². The van der Waals surface area contributed by atoms with Crippen LogP contribution in [0.1, 0.15) is 170 Å². The Kier molecular flexibility index (Phi) is 13.1. The predicted octanol–water partition coefficient (Wildman–Crippen LogP) is 14.6. The average molecular weight is 873 g/mol. The minimum atomic E-state index is -0.656. The third-order valence-electron chi connectivity index (χ3n) is 14.1. The second-order valence-electron chi connectivity index (χ2n) is 18.8. The lowest BCUT2D eigenvalue weighted by Crippen LogP contribution is -2.46. The molecule has 1 radical (unpaired) electrons. The first-order valence-electron chi connectivity index (χ1n) is 24.5. The van der Waals surface area contributed by atoms with Gasteiger partial charge < -0.3 is 9.97 Å². The number of nitrogens with zero attached hydrogens (tertiary/aromatic N) is 3. The van der Waals surface area contributed by atoms with E-state index in [4.69, 9.17) is 9.97 Å². The molecule has 0 atom stereocenters. The van der Waals surface area contributed by atoms with Gasteiger partial charge in [0.15, 0.2) is 0 Å². The van der Waals surface area contributed by atoms with Gasteiger partial charge in [0.05, 0.1) is 44.9 Å². The van der Waals surface area contributed by atoms with Gasteiger partial charge in [-0.15, -0.1) is 10.3 Å². The Bertz CT molecular complexity index is 3120. The number of nitrogens with one attached hydrogen (secondary N) is 2. The maximum atomic E-state index is 12.9. The van der Waals surface area contributed by atoms with Crippen molar-refractivity contribution < 1.29 is 5.21 Å². The van der Waals surface area contributed by atoms with Crippen LogP contribution < -0.4 is 0 Å². The molecule has 3 aliphatic rings. The van der Waals surface area contributed by atoms with Gasteiger partial charge in [-0.2, -0.15) is 0 Å². The second-order valence-corrected chi connectivity index (χ2v) is 18.8. The highest BCUT2D eigenvalue weighted by Crippen LogP contribution is 2.41. The van der Waals surface area contributed by atoms with E-state index in [-0.39, 0.29) is 0 Å². The molecule has 0 spiro atoms. The summed E-state index contributed by atoms with van der Waals surface area (Å²) in [6, 6.07) is 23.8. The number of allylic oxidation sites excluding steroid dienone is 4. The van der Waals surface area contributed by atoms with Gasteiger partial charge in [0.25, 0.3) is 0 Å². The molecule has 8 rings (SSSR count). The summed E-state index contributed by atoms with van der Waals surface area (Å²) in [7, 11) is 0. The Hall–Kier alpha value is -6.18. The third-order valence-corrected chi connectivity index (χ3v) is 14.1. The van der Waals surface area contributed by atoms with E-state index < -0.39 is 11.1 Å². The fraction of sp³-hybridized carbons (Fsp3) is 0.367. The lowest BCUT2D eigenvalue weighted by molar-refractivity contribution is -0.237. The van der Waals surface area contributed by atoms with Crippen molar-refractivity contribution in [1.29, 1.82) is 0 Å². The van der Waals surface area contributed by atoms with E-state index in [1.807, 2.05) is 33.8 Å². The van der Waals surface area contributed by atoms with E-state index in [2.05, 4.69) is 156 Å². The Balaban J connectivity index is 1.30. The van der Waals surface area contributed by atoms with Crippen molar-refractivity contribution in [2.24, 2.45) is 0 Å². The maximum absolute atomic E-state index is 12.9. The highest BCUT2D eigenvalue weighted by Gasteiger charge is 2.46. The lowest BCUT2D eigenvalue weighted by Gasteiger charge is -2.32. The van der Waals surface area contributed by atoms with Crippen molar-refractivity contribution in [3.63, 3.8) is 0 Å². The number of aryl methyl sites for hydroxylation is 4. The average Bonchev–Trinajstić information content (AvgIpc) is 4.08. The minimum absolute atomic E-state index is 0.575. The number of aromatic amines is 2. The van der Waals surface area contributed by atoms with Gasteiger partial charge in [-0.05, 0) is 183 Å². The number of benzene rings is 2. The summed E-state index contributed by atoms with van der Waals surface area (Å²) in [5.41, 5.74) is 23.6. The molecule has 0 fully saturated rings. The molecule has 6 heterocycles. The molecule has 0 saturated carbocycles. The highest BCUT2D eigenvalue weighted by molar-refractivity contribution is 5.98. The molecule has 0 amide bonds. The number of aromatic nitrogens is 4. The molecular weight excluding hydrogens is 807 g/mol. The van der Waals surface area contributed by atoms with Gasteiger partial charge >= 0.3 is 0 Å². The predicted molar refractivity (Wildman–Crippen MR) is 277 cm³/mol. The van der Waals surface area contributed by atoms with E-state index >= 15 is 0 Å². The number of hydrogen-bond donors (Lipinski definition) is 2. The summed E-state index contributed by atoms with van der Waals surface area (Å²) in [6.45, 7) is 25.8. The van der Waals surface area contributed by atoms with Crippen LogP contribution in [0.2, 0.25) is 0 Å². The van der Waals surface area contributed by atoms with Crippen LogP contribution in [0, 0.1) is 23.7 Å². The summed E-state index contributed by atoms with van der Waals surface area (Å²) in [5, 5.41) is 14.0. The summed E-state index contributed by atoms with van der Waals surface area (Å²) >= 11 is 0. The first kappa shape index (κ1) is 46.4. The molecule has 5 aromatic rings. The number of rotatable bonds is 9.